The summed E-state index contributed by atoms with van der Waals surface area (Å²) in [5.41, 5.74) is 6.33. The Hall–Kier alpha value is -1.58. The molecule has 0 fully saturated rings. The van der Waals surface area contributed by atoms with Gasteiger partial charge < -0.3 is 10.6 Å². The summed E-state index contributed by atoms with van der Waals surface area (Å²) < 4.78 is 13.6. The fourth-order valence-corrected chi connectivity index (χ4v) is 1.76. The molecule has 1 aromatic rings. The molecule has 0 spiro atoms. The first-order chi connectivity index (χ1) is 7.61. The van der Waals surface area contributed by atoms with Crippen molar-refractivity contribution in [1.29, 1.82) is 5.41 Å². The van der Waals surface area contributed by atoms with Crippen LogP contribution in [-0.4, -0.2) is 18.9 Å². The number of hydrogen-bond donors (Lipinski definition) is 2. The van der Waals surface area contributed by atoms with Crippen LogP contribution in [0.25, 0.3) is 0 Å². The van der Waals surface area contributed by atoms with Gasteiger partial charge in [0.25, 0.3) is 0 Å². The molecule has 4 heteroatoms. The van der Waals surface area contributed by atoms with Gasteiger partial charge in [0.15, 0.2) is 0 Å². The van der Waals surface area contributed by atoms with Crippen LogP contribution in [0.1, 0.15) is 25.8 Å². The van der Waals surface area contributed by atoms with Crippen molar-refractivity contribution in [3.8, 4) is 0 Å². The number of nitrogen functional groups attached to an aromatic ring is 1. The molecule has 3 N–H and O–H groups in total. The molecule has 0 saturated carbocycles. The van der Waals surface area contributed by atoms with Crippen molar-refractivity contribution >= 4 is 11.5 Å². The van der Waals surface area contributed by atoms with Crippen molar-refractivity contribution in [2.75, 3.05) is 18.0 Å². The molecule has 1 rings (SSSR count). The van der Waals surface area contributed by atoms with Crippen LogP contribution in [0.4, 0.5) is 10.1 Å². The van der Waals surface area contributed by atoms with E-state index in [-0.39, 0.29) is 11.4 Å². The normalized spacial score (nSPS) is 10.2. The molecule has 3 nitrogen and oxygen atoms in total. The molecule has 0 radical (unpaired) electrons. The maximum Gasteiger partial charge on any atom is 0.136 e. The number of rotatable bonds is 5. The Morgan fingerprint density at radius 3 is 2.62 bits per heavy atom. The second-order valence-corrected chi connectivity index (χ2v) is 3.63. The Balaban J connectivity index is 3.20. The fraction of sp³-hybridized carbons (Fsp3) is 0.417. The third-order valence-electron chi connectivity index (χ3n) is 2.48. The van der Waals surface area contributed by atoms with Crippen molar-refractivity contribution in [1.82, 2.24) is 0 Å². The number of nitrogens with zero attached hydrogens (tertiary/aromatic N) is 1. The van der Waals surface area contributed by atoms with E-state index in [0.29, 0.717) is 5.69 Å². The van der Waals surface area contributed by atoms with E-state index >= 15 is 0 Å². The van der Waals surface area contributed by atoms with Gasteiger partial charge in [-0.1, -0.05) is 13.0 Å². The minimum Gasteiger partial charge on any atom is -0.384 e. The zero-order valence-electron chi connectivity index (χ0n) is 9.76. The average molecular weight is 223 g/mol. The van der Waals surface area contributed by atoms with E-state index in [1.807, 2.05) is 11.8 Å². The van der Waals surface area contributed by atoms with E-state index in [4.69, 9.17) is 11.1 Å². The highest BCUT2D eigenvalue weighted by molar-refractivity contribution is 6.00. The Kier molecular flexibility index (Phi) is 4.28. The van der Waals surface area contributed by atoms with Crippen LogP contribution in [0.3, 0.4) is 0 Å². The third kappa shape index (κ3) is 2.51. The van der Waals surface area contributed by atoms with Crippen molar-refractivity contribution < 1.29 is 4.39 Å². The average Bonchev–Trinajstić information content (AvgIpc) is 2.25. The van der Waals surface area contributed by atoms with Gasteiger partial charge in [0.1, 0.15) is 11.7 Å². The molecular weight excluding hydrogens is 205 g/mol. The highest BCUT2D eigenvalue weighted by Gasteiger charge is 2.15. The standard InChI is InChI=1S/C12H18FN3/c1-3-8-16(4-2)10-7-5-6-9(13)11(10)12(14)15/h5-7H,3-4,8H2,1-2H3,(H3,14,15). The molecule has 0 amide bonds. The second kappa shape index (κ2) is 5.49. The first-order valence-corrected chi connectivity index (χ1v) is 5.49. The van der Waals surface area contributed by atoms with Crippen LogP contribution in [0.5, 0.6) is 0 Å². The Labute approximate surface area is 95.6 Å². The van der Waals surface area contributed by atoms with Crippen LogP contribution in [0.2, 0.25) is 0 Å². The first kappa shape index (κ1) is 12.5. The maximum absolute atomic E-state index is 13.6. The Bertz CT molecular complexity index is 377. The number of benzene rings is 1. The summed E-state index contributed by atoms with van der Waals surface area (Å²) in [7, 11) is 0. The summed E-state index contributed by atoms with van der Waals surface area (Å²) in [5.74, 6) is -0.651. The molecular formula is C12H18FN3. The van der Waals surface area contributed by atoms with E-state index in [2.05, 4.69) is 6.92 Å². The summed E-state index contributed by atoms with van der Waals surface area (Å²) >= 11 is 0. The molecule has 0 aliphatic rings. The summed E-state index contributed by atoms with van der Waals surface area (Å²) in [5, 5.41) is 7.43. The number of anilines is 1. The smallest absolute Gasteiger partial charge is 0.136 e. The van der Waals surface area contributed by atoms with E-state index in [0.717, 1.165) is 19.5 Å². The summed E-state index contributed by atoms with van der Waals surface area (Å²) in [6, 6.07) is 4.79. The molecule has 0 unspecified atom stereocenters. The Morgan fingerprint density at radius 1 is 1.44 bits per heavy atom. The monoisotopic (exact) mass is 223 g/mol. The van der Waals surface area contributed by atoms with Gasteiger partial charge in [0.2, 0.25) is 0 Å². The lowest BCUT2D eigenvalue weighted by Gasteiger charge is -2.25. The SMILES string of the molecule is CCCN(CC)c1cccc(F)c1C(=N)N. The summed E-state index contributed by atoms with van der Waals surface area (Å²) in [6.07, 6.45) is 0.974. The number of nitrogens with two attached hydrogens (primary N) is 1. The van der Waals surface area contributed by atoms with Gasteiger partial charge in [-0.3, -0.25) is 5.41 Å². The second-order valence-electron chi connectivity index (χ2n) is 3.63. The van der Waals surface area contributed by atoms with Crippen molar-refractivity contribution in [2.45, 2.75) is 20.3 Å². The topological polar surface area (TPSA) is 53.1 Å². The van der Waals surface area contributed by atoms with E-state index in [1.165, 1.54) is 6.07 Å². The predicted molar refractivity (Wildman–Crippen MR) is 65.6 cm³/mol. The minimum atomic E-state index is -0.431. The van der Waals surface area contributed by atoms with Crippen LogP contribution < -0.4 is 10.6 Å². The summed E-state index contributed by atoms with van der Waals surface area (Å²) in [6.45, 7) is 5.68. The minimum absolute atomic E-state index is 0.206. The fourth-order valence-electron chi connectivity index (χ4n) is 1.76. The van der Waals surface area contributed by atoms with Crippen molar-refractivity contribution in [3.05, 3.63) is 29.6 Å². The number of nitrogens with one attached hydrogen (secondary N) is 1. The van der Waals surface area contributed by atoms with Crippen molar-refractivity contribution in [3.63, 3.8) is 0 Å². The maximum atomic E-state index is 13.6. The van der Waals surface area contributed by atoms with Crippen LogP contribution in [0.15, 0.2) is 18.2 Å². The molecule has 0 bridgehead atoms. The largest absolute Gasteiger partial charge is 0.384 e. The molecule has 0 aromatic heterocycles. The first-order valence-electron chi connectivity index (χ1n) is 5.49. The van der Waals surface area contributed by atoms with Gasteiger partial charge in [0, 0.05) is 13.1 Å². The van der Waals surface area contributed by atoms with Crippen LogP contribution >= 0.6 is 0 Å². The van der Waals surface area contributed by atoms with E-state index in [1.54, 1.807) is 12.1 Å². The van der Waals surface area contributed by atoms with E-state index in [9.17, 15) is 4.39 Å². The van der Waals surface area contributed by atoms with Crippen molar-refractivity contribution in [2.24, 2.45) is 5.73 Å². The van der Waals surface area contributed by atoms with Gasteiger partial charge in [-0.05, 0) is 25.5 Å². The Morgan fingerprint density at radius 2 is 2.12 bits per heavy atom. The highest BCUT2D eigenvalue weighted by atomic mass is 19.1. The molecule has 0 aliphatic heterocycles. The summed E-state index contributed by atoms with van der Waals surface area (Å²) in [4.78, 5) is 2.03. The van der Waals surface area contributed by atoms with E-state index < -0.39 is 5.82 Å². The molecule has 0 atom stereocenters. The molecule has 1 aromatic carbocycles. The lowest BCUT2D eigenvalue weighted by molar-refractivity contribution is 0.623. The molecule has 0 heterocycles. The van der Waals surface area contributed by atoms with Gasteiger partial charge in [-0.2, -0.15) is 0 Å². The third-order valence-corrected chi connectivity index (χ3v) is 2.48. The number of halogens is 1. The van der Waals surface area contributed by atoms with Crippen LogP contribution in [-0.2, 0) is 0 Å². The molecule has 0 saturated heterocycles. The van der Waals surface area contributed by atoms with Gasteiger partial charge in [-0.25, -0.2) is 4.39 Å². The lowest BCUT2D eigenvalue weighted by atomic mass is 10.1. The van der Waals surface area contributed by atoms with Crippen LogP contribution in [0, 0.1) is 11.2 Å². The molecule has 0 aliphatic carbocycles. The number of hydrogen-bond acceptors (Lipinski definition) is 2. The molecule has 88 valence electrons. The quantitative estimate of drug-likeness (QED) is 0.594. The zero-order valence-corrected chi connectivity index (χ0v) is 9.76. The highest BCUT2D eigenvalue weighted by Crippen LogP contribution is 2.22. The van der Waals surface area contributed by atoms with Gasteiger partial charge >= 0.3 is 0 Å². The predicted octanol–water partition coefficient (Wildman–Crippen LogP) is 2.35. The lowest BCUT2D eigenvalue weighted by Crippen LogP contribution is -2.27. The zero-order chi connectivity index (χ0) is 12.1. The number of amidine groups is 1. The van der Waals surface area contributed by atoms with Gasteiger partial charge in [0.05, 0.1) is 11.3 Å². The molecule has 16 heavy (non-hydrogen) atoms. The van der Waals surface area contributed by atoms with Gasteiger partial charge in [-0.15, -0.1) is 0 Å².